The van der Waals surface area contributed by atoms with E-state index < -0.39 is 86.8 Å². The summed E-state index contributed by atoms with van der Waals surface area (Å²) in [4.78, 5) is 13.3. The monoisotopic (exact) mass is 1130 g/mol. The van der Waals surface area contributed by atoms with Gasteiger partial charge in [-0.2, -0.15) is 0 Å². The highest BCUT2D eigenvalue weighted by Gasteiger charge is 2.51. The van der Waals surface area contributed by atoms with Crippen LogP contribution in [0.3, 0.4) is 0 Å². The van der Waals surface area contributed by atoms with E-state index >= 15 is 0 Å². The van der Waals surface area contributed by atoms with E-state index in [-0.39, 0.29) is 18.9 Å². The second-order valence-electron chi connectivity index (χ2n) is 22.9. The third kappa shape index (κ3) is 35.7. The van der Waals surface area contributed by atoms with Crippen LogP contribution in [-0.4, -0.2) is 140 Å². The lowest BCUT2D eigenvalue weighted by atomic mass is 9.97. The van der Waals surface area contributed by atoms with E-state index in [4.69, 9.17) is 18.9 Å². The molecule has 0 aliphatic carbocycles. The van der Waals surface area contributed by atoms with Crippen LogP contribution in [0.2, 0.25) is 0 Å². The minimum absolute atomic E-state index is 0.259. The zero-order chi connectivity index (χ0) is 58.1. The fraction of sp³-hybridized carbons (Fsp3) is 0.833. The Morgan fingerprint density at radius 2 is 0.875 bits per heavy atom. The molecule has 14 nitrogen and oxygen atoms in total. The molecule has 1 amide bonds. The van der Waals surface area contributed by atoms with E-state index in [1.54, 1.807) is 6.08 Å². The molecule has 2 aliphatic heterocycles. The molecule has 0 saturated carbocycles. The molecule has 12 unspecified atom stereocenters. The van der Waals surface area contributed by atoms with Crippen molar-refractivity contribution in [3.8, 4) is 0 Å². The number of amides is 1. The zero-order valence-corrected chi connectivity index (χ0v) is 50.3. The lowest BCUT2D eigenvalue weighted by Crippen LogP contribution is -2.65. The van der Waals surface area contributed by atoms with Gasteiger partial charge in [0.1, 0.15) is 48.8 Å². The number of aliphatic hydroxyl groups excluding tert-OH is 8. The number of hydrogen-bond donors (Lipinski definition) is 9. The summed E-state index contributed by atoms with van der Waals surface area (Å²) in [7, 11) is 0. The Morgan fingerprint density at radius 1 is 0.463 bits per heavy atom. The largest absolute Gasteiger partial charge is 0.394 e. The summed E-state index contributed by atoms with van der Waals surface area (Å²) >= 11 is 0. The van der Waals surface area contributed by atoms with Gasteiger partial charge in [0.05, 0.1) is 32.0 Å². The normalized spacial score (nSPS) is 24.6. The minimum Gasteiger partial charge on any atom is -0.394 e. The van der Waals surface area contributed by atoms with Crippen LogP contribution in [-0.2, 0) is 23.7 Å². The Bertz CT molecular complexity index is 1570. The highest BCUT2D eigenvalue weighted by atomic mass is 16.7. The molecule has 9 N–H and O–H groups in total. The average Bonchev–Trinajstić information content (AvgIpc) is 3.49. The van der Waals surface area contributed by atoms with Crippen LogP contribution in [0.5, 0.6) is 0 Å². The number of hydrogen-bond acceptors (Lipinski definition) is 13. The lowest BCUT2D eigenvalue weighted by molar-refractivity contribution is -0.359. The Morgan fingerprint density at radius 3 is 1.38 bits per heavy atom. The zero-order valence-electron chi connectivity index (χ0n) is 50.3. The molecule has 466 valence electrons. The fourth-order valence-electron chi connectivity index (χ4n) is 10.5. The van der Waals surface area contributed by atoms with Gasteiger partial charge in [-0.05, 0) is 64.2 Å². The molecule has 0 aromatic rings. The van der Waals surface area contributed by atoms with Gasteiger partial charge < -0.3 is 65.1 Å². The van der Waals surface area contributed by atoms with E-state index in [2.05, 4.69) is 67.8 Å². The molecule has 0 spiro atoms. The summed E-state index contributed by atoms with van der Waals surface area (Å²) in [5.74, 6) is -0.259. The van der Waals surface area contributed by atoms with Gasteiger partial charge in [-0.25, -0.2) is 0 Å². The second kappa shape index (κ2) is 51.1. The van der Waals surface area contributed by atoms with Crippen molar-refractivity contribution in [2.24, 2.45) is 0 Å². The minimum atomic E-state index is -1.79. The van der Waals surface area contributed by atoms with Crippen molar-refractivity contribution in [1.29, 1.82) is 0 Å². The van der Waals surface area contributed by atoms with Gasteiger partial charge in [-0.1, -0.05) is 248 Å². The molecule has 0 aromatic carbocycles. The lowest BCUT2D eigenvalue weighted by Gasteiger charge is -2.46. The fourth-order valence-corrected chi connectivity index (χ4v) is 10.5. The van der Waals surface area contributed by atoms with Crippen molar-refractivity contribution >= 4 is 5.91 Å². The molecule has 0 bridgehead atoms. The summed E-state index contributed by atoms with van der Waals surface area (Å²) in [5, 5.41) is 87.2. The topological polar surface area (TPSA) is 228 Å². The van der Waals surface area contributed by atoms with Crippen LogP contribution in [0.25, 0.3) is 0 Å². The van der Waals surface area contributed by atoms with Gasteiger partial charge in [0.2, 0.25) is 5.91 Å². The van der Waals surface area contributed by atoms with Gasteiger partial charge in [0, 0.05) is 6.42 Å². The first-order valence-corrected chi connectivity index (χ1v) is 32.5. The number of rotatable bonds is 52. The first-order chi connectivity index (χ1) is 39.1. The maximum absolute atomic E-state index is 13.3. The molecule has 14 heteroatoms. The van der Waals surface area contributed by atoms with E-state index in [9.17, 15) is 45.6 Å². The quantitative estimate of drug-likeness (QED) is 0.0204. The molecule has 0 aromatic heterocycles. The molecular weight excluding hydrogens is 1010 g/mol. The van der Waals surface area contributed by atoms with E-state index in [1.165, 1.54) is 154 Å². The SMILES string of the molecule is CC/C=C\C/C=C\C/C=C\CCCCCCCCCC(=O)NC(COC1OC(CO)C(OC2OC(CO)C(O)C(O)C2O)C(O)C1O)C(O)/C=C/CC/C=C/CCCCCCCCCCCCCCCCCCCCCCCCC. The Labute approximate surface area is 486 Å². The number of nitrogens with one attached hydrogen (secondary N) is 1. The van der Waals surface area contributed by atoms with Crippen LogP contribution in [0.4, 0.5) is 0 Å². The van der Waals surface area contributed by atoms with E-state index in [1.807, 2.05) is 6.08 Å². The van der Waals surface area contributed by atoms with Gasteiger partial charge in [-0.3, -0.25) is 4.79 Å². The van der Waals surface area contributed by atoms with Gasteiger partial charge in [0.15, 0.2) is 12.6 Å². The summed E-state index contributed by atoms with van der Waals surface area (Å²) < 4.78 is 22.8. The summed E-state index contributed by atoms with van der Waals surface area (Å²) in [6, 6.07) is -0.940. The number of aliphatic hydroxyl groups is 8. The Hall–Kier alpha value is -2.31. The standard InChI is InChI=1S/C66H119NO13/c1-3-5-7-9-11-13-15-17-19-21-22-23-24-25-26-27-28-29-30-31-32-34-35-37-39-41-43-45-47-49-55(70)54(67-58(71)50-48-46-44-42-40-38-36-33-20-18-16-14-12-10-8-6-4-2)53-77-65-63(76)61(74)64(57(52-69)79-65)80-66-62(75)60(73)59(72)56(51-68)78-66/h6,8,12,14,18,20,39,41,47,49,54-57,59-66,68-70,72-76H,3-5,7,9-11,13,15-17,19,21-38,40,42-46,48,50-53H2,1-2H3,(H,67,71)/b8-6-,14-12-,20-18-,41-39+,49-47+. The van der Waals surface area contributed by atoms with Gasteiger partial charge in [-0.15, -0.1) is 0 Å². The van der Waals surface area contributed by atoms with E-state index in [0.29, 0.717) is 12.8 Å². The number of ether oxygens (including phenoxy) is 4. The predicted molar refractivity (Wildman–Crippen MR) is 323 cm³/mol. The smallest absolute Gasteiger partial charge is 0.220 e. The average molecular weight is 1130 g/mol. The molecule has 2 aliphatic rings. The van der Waals surface area contributed by atoms with E-state index in [0.717, 1.165) is 70.6 Å². The van der Waals surface area contributed by atoms with Crippen molar-refractivity contribution in [2.75, 3.05) is 19.8 Å². The number of unbranched alkanes of at least 4 members (excludes halogenated alkanes) is 31. The van der Waals surface area contributed by atoms with Crippen LogP contribution in [0.15, 0.2) is 60.8 Å². The maximum Gasteiger partial charge on any atom is 0.220 e. The van der Waals surface area contributed by atoms with Crippen LogP contribution >= 0.6 is 0 Å². The van der Waals surface area contributed by atoms with Crippen molar-refractivity contribution in [3.63, 3.8) is 0 Å². The third-order valence-electron chi connectivity index (χ3n) is 15.7. The molecule has 12 atom stereocenters. The van der Waals surface area contributed by atoms with Crippen LogP contribution in [0.1, 0.15) is 258 Å². The van der Waals surface area contributed by atoms with Crippen LogP contribution < -0.4 is 5.32 Å². The van der Waals surface area contributed by atoms with Crippen molar-refractivity contribution in [1.82, 2.24) is 5.32 Å². The predicted octanol–water partition coefficient (Wildman–Crippen LogP) is 12.1. The highest BCUT2D eigenvalue weighted by molar-refractivity contribution is 5.76. The maximum atomic E-state index is 13.3. The van der Waals surface area contributed by atoms with Crippen molar-refractivity contribution in [2.45, 2.75) is 331 Å². The highest BCUT2D eigenvalue weighted by Crippen LogP contribution is 2.30. The van der Waals surface area contributed by atoms with Gasteiger partial charge in [0.25, 0.3) is 0 Å². The molecule has 2 rings (SSSR count). The summed E-state index contributed by atoms with van der Waals surface area (Å²) in [6.45, 7) is 2.68. The van der Waals surface area contributed by atoms with Crippen molar-refractivity contribution in [3.05, 3.63) is 60.8 Å². The number of allylic oxidation sites excluding steroid dienone is 9. The molecular formula is C66H119NO13. The molecule has 2 saturated heterocycles. The van der Waals surface area contributed by atoms with Crippen molar-refractivity contribution < 1.29 is 64.6 Å². The summed E-state index contributed by atoms with van der Waals surface area (Å²) in [6.07, 6.45) is 49.9. The Kier molecular flexibility index (Phi) is 47.2. The number of carbonyl (C=O) groups is 1. The van der Waals surface area contributed by atoms with Gasteiger partial charge >= 0.3 is 0 Å². The number of carbonyl (C=O) groups excluding carboxylic acids is 1. The molecule has 2 fully saturated rings. The Balaban J connectivity index is 1.72. The van der Waals surface area contributed by atoms with Crippen LogP contribution in [0, 0.1) is 0 Å². The second-order valence-corrected chi connectivity index (χ2v) is 22.9. The molecule has 2 heterocycles. The molecule has 80 heavy (non-hydrogen) atoms. The summed E-state index contributed by atoms with van der Waals surface area (Å²) in [5.41, 5.74) is 0. The molecule has 0 radical (unpaired) electrons. The first-order valence-electron chi connectivity index (χ1n) is 32.5. The first kappa shape index (κ1) is 73.8. The third-order valence-corrected chi connectivity index (χ3v) is 15.7.